The highest BCUT2D eigenvalue weighted by atomic mass is 32.2. The highest BCUT2D eigenvalue weighted by Crippen LogP contribution is 2.34. The van der Waals surface area contributed by atoms with Gasteiger partial charge in [-0.25, -0.2) is 13.6 Å². The Hall–Kier alpha value is -3.18. The van der Waals surface area contributed by atoms with Crippen LogP contribution >= 0.6 is 0 Å². The molecule has 132 valence electrons. The van der Waals surface area contributed by atoms with Crippen LogP contribution in [0.5, 0.6) is 5.88 Å². The molecule has 0 amide bonds. The fraction of sp³-hybridized carbons (Fsp3) is 0.167. The van der Waals surface area contributed by atoms with Crippen LogP contribution in [-0.2, 0) is 9.73 Å². The van der Waals surface area contributed by atoms with Gasteiger partial charge in [0, 0.05) is 19.5 Å². The predicted molar refractivity (Wildman–Crippen MR) is 98.6 cm³/mol. The largest absolute Gasteiger partial charge is 0.493 e. The molecule has 1 atom stereocenters. The zero-order chi connectivity index (χ0) is 18.9. The van der Waals surface area contributed by atoms with Gasteiger partial charge in [0.1, 0.15) is 0 Å². The normalized spacial score (nSPS) is 13.0. The molecule has 7 nitrogen and oxygen atoms in total. The van der Waals surface area contributed by atoms with Crippen molar-refractivity contribution in [1.82, 2.24) is 14.8 Å². The quantitative estimate of drug-likeness (QED) is 0.766. The number of benzene rings is 1. The molecule has 0 aliphatic carbocycles. The van der Waals surface area contributed by atoms with Gasteiger partial charge in [0.05, 0.1) is 37.5 Å². The predicted octanol–water partition coefficient (Wildman–Crippen LogP) is 2.91. The minimum absolute atomic E-state index is 0.0510. The molecule has 0 radical (unpaired) electrons. The van der Waals surface area contributed by atoms with Crippen LogP contribution in [0.2, 0.25) is 0 Å². The van der Waals surface area contributed by atoms with E-state index >= 15 is 0 Å². The molecule has 0 aliphatic heterocycles. The Kier molecular flexibility index (Phi) is 4.49. The van der Waals surface area contributed by atoms with Gasteiger partial charge in [-0.3, -0.25) is 0 Å². The summed E-state index contributed by atoms with van der Waals surface area (Å²) < 4.78 is 17.5. The van der Waals surface area contributed by atoms with Crippen molar-refractivity contribution in [2.45, 2.75) is 11.8 Å². The van der Waals surface area contributed by atoms with Gasteiger partial charge in [-0.1, -0.05) is 12.1 Å². The van der Waals surface area contributed by atoms with E-state index in [-0.39, 0.29) is 5.88 Å². The summed E-state index contributed by atoms with van der Waals surface area (Å²) in [6, 6.07) is 12.3. The summed E-state index contributed by atoms with van der Waals surface area (Å²) in [4.78, 5) is 4.77. The smallest absolute Gasteiger partial charge is 0.223 e. The highest BCUT2D eigenvalue weighted by Gasteiger charge is 2.18. The van der Waals surface area contributed by atoms with Crippen molar-refractivity contribution in [2.24, 2.45) is 4.36 Å². The van der Waals surface area contributed by atoms with E-state index in [1.54, 1.807) is 49.6 Å². The number of aromatic nitrogens is 3. The minimum Gasteiger partial charge on any atom is -0.493 e. The highest BCUT2D eigenvalue weighted by molar-refractivity contribution is 7.93. The number of aryl methyl sites for hydroxylation is 1. The second-order valence-electron chi connectivity index (χ2n) is 5.72. The van der Waals surface area contributed by atoms with E-state index in [0.717, 1.165) is 5.56 Å². The van der Waals surface area contributed by atoms with Crippen LogP contribution in [0.3, 0.4) is 0 Å². The molecule has 0 saturated carbocycles. The molecule has 2 aromatic heterocycles. The number of rotatable bonds is 3. The van der Waals surface area contributed by atoms with E-state index < -0.39 is 9.73 Å². The second-order valence-corrected chi connectivity index (χ2v) is 8.16. The van der Waals surface area contributed by atoms with E-state index in [1.807, 2.05) is 0 Å². The Morgan fingerprint density at radius 2 is 1.92 bits per heavy atom. The summed E-state index contributed by atoms with van der Waals surface area (Å²) >= 11 is 0. The summed E-state index contributed by atoms with van der Waals surface area (Å²) in [6.45, 7) is 1.78. The summed E-state index contributed by atoms with van der Waals surface area (Å²) in [6.07, 6.45) is 3.02. The first-order chi connectivity index (χ1) is 12.4. The molecule has 1 unspecified atom stereocenters. The molecule has 0 bridgehead atoms. The Morgan fingerprint density at radius 3 is 2.46 bits per heavy atom. The third-order valence-corrected chi connectivity index (χ3v) is 5.88. The molecule has 1 N–H and O–H groups in total. The Balaban J connectivity index is 2.05. The van der Waals surface area contributed by atoms with Crippen LogP contribution in [0.15, 0.2) is 51.9 Å². The van der Waals surface area contributed by atoms with Crippen LogP contribution in [0.4, 0.5) is 0 Å². The zero-order valence-electron chi connectivity index (χ0n) is 14.5. The Labute approximate surface area is 151 Å². The topological polar surface area (TPSA) is 104 Å². The minimum atomic E-state index is -2.47. The maximum Gasteiger partial charge on any atom is 0.223 e. The lowest BCUT2D eigenvalue weighted by Crippen LogP contribution is -2.02. The average molecular weight is 367 g/mol. The molecular formula is C18H17N5O2S. The van der Waals surface area contributed by atoms with Gasteiger partial charge in [-0.2, -0.15) is 15.0 Å². The van der Waals surface area contributed by atoms with Gasteiger partial charge in [0.25, 0.3) is 0 Å². The van der Waals surface area contributed by atoms with Crippen molar-refractivity contribution in [3.8, 4) is 28.9 Å². The maximum atomic E-state index is 12.3. The molecule has 26 heavy (non-hydrogen) atoms. The first-order valence-electron chi connectivity index (χ1n) is 7.73. The number of aromatic hydroxyl groups is 1. The van der Waals surface area contributed by atoms with Crippen LogP contribution in [0, 0.1) is 18.3 Å². The summed E-state index contributed by atoms with van der Waals surface area (Å²) in [5.74, 6) is 0.352. The van der Waals surface area contributed by atoms with Crippen LogP contribution in [0.25, 0.3) is 16.9 Å². The average Bonchev–Trinajstić information content (AvgIpc) is 2.96. The third-order valence-electron chi connectivity index (χ3n) is 4.06. The van der Waals surface area contributed by atoms with Crippen LogP contribution in [-0.4, -0.2) is 37.4 Å². The van der Waals surface area contributed by atoms with E-state index in [1.165, 1.54) is 17.9 Å². The molecule has 0 spiro atoms. The lowest BCUT2D eigenvalue weighted by Gasteiger charge is -2.06. The Morgan fingerprint density at radius 1 is 1.23 bits per heavy atom. The molecular weight excluding hydrogens is 350 g/mol. The lowest BCUT2D eigenvalue weighted by atomic mass is 10.0. The lowest BCUT2D eigenvalue weighted by molar-refractivity contribution is 0.433. The number of hydrogen-bond acceptors (Lipinski definition) is 6. The summed E-state index contributed by atoms with van der Waals surface area (Å²) in [5.41, 5.74) is 2.49. The summed E-state index contributed by atoms with van der Waals surface area (Å²) in [7, 11) is -0.963. The fourth-order valence-electron chi connectivity index (χ4n) is 2.55. The number of nitriles is 1. The SMILES string of the molecule is CN=S(C)(=O)c1ccc(-n2nc(C)c(-c3ccc(C#N)cc3)c2O)nc1. The number of hydrogen-bond donors (Lipinski definition) is 1. The second kappa shape index (κ2) is 6.61. The van der Waals surface area contributed by atoms with Crippen LogP contribution < -0.4 is 0 Å². The molecule has 3 aromatic rings. The van der Waals surface area contributed by atoms with E-state index in [9.17, 15) is 9.32 Å². The molecule has 0 aliphatic rings. The third kappa shape index (κ3) is 3.05. The molecule has 8 heteroatoms. The number of pyridine rings is 1. The monoisotopic (exact) mass is 367 g/mol. The van der Waals surface area contributed by atoms with Crippen molar-refractivity contribution >= 4 is 9.73 Å². The van der Waals surface area contributed by atoms with Crippen molar-refractivity contribution in [1.29, 1.82) is 5.26 Å². The van der Waals surface area contributed by atoms with Gasteiger partial charge in [-0.15, -0.1) is 0 Å². The van der Waals surface area contributed by atoms with Gasteiger partial charge >= 0.3 is 0 Å². The standard InChI is InChI=1S/C18H17N5O2S/c1-12-17(14-6-4-13(10-19)5-7-14)18(24)23(22-12)16-9-8-15(11-21-16)26(3,25)20-2/h4-9,11,24H,1-3H3. The molecule has 1 aromatic carbocycles. The van der Waals surface area contributed by atoms with Crippen LogP contribution in [0.1, 0.15) is 11.3 Å². The van der Waals surface area contributed by atoms with Gasteiger partial charge in [-0.05, 0) is 36.8 Å². The fourth-order valence-corrected chi connectivity index (χ4v) is 3.33. The van der Waals surface area contributed by atoms with Crippen molar-refractivity contribution < 1.29 is 9.32 Å². The molecule has 3 rings (SSSR count). The molecule has 0 fully saturated rings. The molecule has 0 saturated heterocycles. The van der Waals surface area contributed by atoms with Crippen molar-refractivity contribution in [3.63, 3.8) is 0 Å². The van der Waals surface area contributed by atoms with Gasteiger partial charge < -0.3 is 5.11 Å². The number of nitrogens with zero attached hydrogens (tertiary/aromatic N) is 5. The maximum absolute atomic E-state index is 12.3. The first-order valence-corrected chi connectivity index (χ1v) is 9.65. The van der Waals surface area contributed by atoms with Gasteiger partial charge in [0.2, 0.25) is 5.88 Å². The van der Waals surface area contributed by atoms with Crippen molar-refractivity contribution in [3.05, 3.63) is 53.9 Å². The molecule has 2 heterocycles. The van der Waals surface area contributed by atoms with Crippen molar-refractivity contribution in [2.75, 3.05) is 13.3 Å². The van der Waals surface area contributed by atoms with E-state index in [0.29, 0.717) is 27.5 Å². The zero-order valence-corrected chi connectivity index (χ0v) is 15.4. The first kappa shape index (κ1) is 17.6. The Bertz CT molecular complexity index is 1120. The summed E-state index contributed by atoms with van der Waals surface area (Å²) in [5, 5.41) is 23.9. The van der Waals surface area contributed by atoms with E-state index in [2.05, 4.69) is 20.5 Å². The van der Waals surface area contributed by atoms with E-state index in [4.69, 9.17) is 5.26 Å². The van der Waals surface area contributed by atoms with Gasteiger partial charge in [0.15, 0.2) is 5.82 Å².